The van der Waals surface area contributed by atoms with E-state index >= 15 is 0 Å². The van der Waals surface area contributed by atoms with E-state index in [2.05, 4.69) is 69.1 Å². The average molecular weight is 522 g/mol. The van der Waals surface area contributed by atoms with Crippen LogP contribution in [0.15, 0.2) is 24.0 Å². The summed E-state index contributed by atoms with van der Waals surface area (Å²) < 4.78 is 12.6. The van der Waals surface area contributed by atoms with Gasteiger partial charge in [-0.3, -0.25) is 5.84 Å². The quantitative estimate of drug-likeness (QED) is 0.128. The van der Waals surface area contributed by atoms with Crippen molar-refractivity contribution in [1.82, 2.24) is 0 Å². The van der Waals surface area contributed by atoms with Crippen molar-refractivity contribution in [1.29, 1.82) is 0 Å². The third kappa shape index (κ3) is 7.24. The van der Waals surface area contributed by atoms with Crippen LogP contribution in [-0.2, 0) is 4.57 Å². The number of anilines is 1. The largest absolute Gasteiger partial charge is 0.466 e. The molecule has 1 rings (SSSR count). The lowest BCUT2D eigenvalue weighted by Crippen LogP contribution is -2.07. The van der Waals surface area contributed by atoms with Gasteiger partial charge in [0, 0.05) is 13.4 Å². The number of phosphoric acid groups is 1. The normalized spacial score (nSPS) is 10.6. The van der Waals surface area contributed by atoms with Crippen LogP contribution < -0.4 is 11.3 Å². The number of nitrogens with two attached hydrogens (primary N) is 1. The summed E-state index contributed by atoms with van der Waals surface area (Å²) in [6.07, 6.45) is 0. The zero-order valence-corrected chi connectivity index (χ0v) is 15.1. The highest BCUT2D eigenvalue weighted by Crippen LogP contribution is 2.40. The molecule has 6 nitrogen and oxygen atoms in total. The molecule has 0 aliphatic carbocycles. The molecule has 11 heteroatoms. The Kier molecular flexibility index (Phi) is 8.01. The van der Waals surface area contributed by atoms with Gasteiger partial charge in [-0.2, -0.15) is 0 Å². The fourth-order valence-electron chi connectivity index (χ4n) is 0.678. The number of nitrogens with one attached hydrogen (secondary N) is 1. The van der Waals surface area contributed by atoms with Crippen molar-refractivity contribution in [3.63, 3.8) is 0 Å². The fourth-order valence-corrected chi connectivity index (χ4v) is 2.80. The van der Waals surface area contributed by atoms with E-state index in [1.165, 1.54) is 0 Å². The van der Waals surface area contributed by atoms with Gasteiger partial charge in [0.1, 0.15) is 0 Å². The van der Waals surface area contributed by atoms with Crippen LogP contribution in [0, 0.1) is 0 Å². The molecular weight excluding hydrogens is 515 g/mol. The predicted molar refractivity (Wildman–Crippen MR) is 79.3 cm³/mol. The molecular formula is C6H7Br4N2O4P. The molecule has 0 amide bonds. The molecule has 0 spiro atoms. The van der Waals surface area contributed by atoms with E-state index in [-0.39, 0.29) is 0 Å². The second-order valence-corrected chi connectivity index (χ2v) is 6.77. The number of nitrogen functional groups attached to an aromatic ring is 1. The number of rotatable bonds is 1. The average Bonchev–Trinajstić information content (AvgIpc) is 2.18. The van der Waals surface area contributed by atoms with Crippen molar-refractivity contribution in [3.8, 4) is 0 Å². The Morgan fingerprint density at radius 3 is 1.82 bits per heavy atom. The van der Waals surface area contributed by atoms with Gasteiger partial charge in [-0.05, 0) is 69.8 Å². The first kappa shape index (κ1) is 18.0. The van der Waals surface area contributed by atoms with E-state index < -0.39 is 7.82 Å². The van der Waals surface area contributed by atoms with Gasteiger partial charge in [0.15, 0.2) is 0 Å². The van der Waals surface area contributed by atoms with Crippen LogP contribution in [0.25, 0.3) is 0 Å². The van der Waals surface area contributed by atoms with Crippen molar-refractivity contribution in [2.45, 2.75) is 0 Å². The summed E-state index contributed by atoms with van der Waals surface area (Å²) in [5.74, 6) is 5.30. The Morgan fingerprint density at radius 2 is 1.47 bits per heavy atom. The molecule has 0 saturated carbocycles. The SMILES string of the molecule is NNc1cc(Br)c(Br)c(Br)c1Br.O=P(O)(O)O. The summed E-state index contributed by atoms with van der Waals surface area (Å²) >= 11 is 13.6. The van der Waals surface area contributed by atoms with Crippen molar-refractivity contribution >= 4 is 77.2 Å². The molecule has 0 fully saturated rings. The fraction of sp³-hybridized carbons (Fsp3) is 0. The third-order valence-corrected chi connectivity index (χ3v) is 5.92. The molecule has 0 aliphatic rings. The zero-order chi connectivity index (χ0) is 13.8. The Bertz CT molecular complexity index is 444. The highest BCUT2D eigenvalue weighted by molar-refractivity contribution is 9.15. The van der Waals surface area contributed by atoms with Gasteiger partial charge in [-0.1, -0.05) is 0 Å². The molecule has 98 valence electrons. The molecule has 0 saturated heterocycles. The summed E-state index contributed by atoms with van der Waals surface area (Å²) in [6, 6.07) is 1.87. The number of hydrogen-bond donors (Lipinski definition) is 5. The number of benzene rings is 1. The van der Waals surface area contributed by atoms with E-state index in [0.717, 1.165) is 23.6 Å². The lowest BCUT2D eigenvalue weighted by atomic mass is 10.3. The predicted octanol–water partition coefficient (Wildman–Crippen LogP) is 3.09. The molecule has 0 aliphatic heterocycles. The van der Waals surface area contributed by atoms with Crippen molar-refractivity contribution in [3.05, 3.63) is 24.0 Å². The molecule has 6 N–H and O–H groups in total. The van der Waals surface area contributed by atoms with Gasteiger partial charge in [0.05, 0.1) is 10.2 Å². The van der Waals surface area contributed by atoms with Crippen LogP contribution in [0.4, 0.5) is 5.69 Å². The van der Waals surface area contributed by atoms with Gasteiger partial charge in [0.2, 0.25) is 0 Å². The summed E-state index contributed by atoms with van der Waals surface area (Å²) in [5.41, 5.74) is 3.39. The van der Waals surface area contributed by atoms with Crippen LogP contribution in [0.5, 0.6) is 0 Å². The summed E-state index contributed by atoms with van der Waals surface area (Å²) in [7, 11) is -4.64. The topological polar surface area (TPSA) is 116 Å². The van der Waals surface area contributed by atoms with Crippen LogP contribution >= 0.6 is 71.5 Å². The van der Waals surface area contributed by atoms with Crippen molar-refractivity contribution in [2.75, 3.05) is 5.43 Å². The summed E-state index contributed by atoms with van der Waals surface area (Å²) in [4.78, 5) is 21.6. The first-order chi connectivity index (χ1) is 7.57. The standard InChI is InChI=1S/C6H4Br4N2.H3O4P/c7-2-1-3(12-11)5(9)6(10)4(2)8;1-5(2,3)4/h1,12H,11H2;(H3,1,2,3,4). The molecule has 0 heterocycles. The Labute approximate surface area is 131 Å². The Morgan fingerprint density at radius 1 is 1.06 bits per heavy atom. The molecule has 0 aromatic heterocycles. The van der Waals surface area contributed by atoms with Crippen LogP contribution in [0.3, 0.4) is 0 Å². The van der Waals surface area contributed by atoms with Crippen molar-refractivity contribution in [2.24, 2.45) is 5.84 Å². The lowest BCUT2D eigenvalue weighted by Gasteiger charge is -2.08. The van der Waals surface area contributed by atoms with Crippen LogP contribution in [0.2, 0.25) is 0 Å². The molecule has 0 bridgehead atoms. The number of halogens is 4. The minimum Gasteiger partial charge on any atom is -0.323 e. The highest BCUT2D eigenvalue weighted by Gasteiger charge is 2.10. The van der Waals surface area contributed by atoms with E-state index in [0.29, 0.717) is 0 Å². The van der Waals surface area contributed by atoms with E-state index in [9.17, 15) is 0 Å². The van der Waals surface area contributed by atoms with Gasteiger partial charge in [-0.15, -0.1) is 0 Å². The molecule has 1 aromatic carbocycles. The maximum Gasteiger partial charge on any atom is 0.466 e. The molecule has 1 aromatic rings. The second-order valence-electron chi connectivity index (χ2n) is 2.51. The van der Waals surface area contributed by atoms with Crippen molar-refractivity contribution < 1.29 is 19.2 Å². The van der Waals surface area contributed by atoms with Gasteiger partial charge >= 0.3 is 7.82 Å². The van der Waals surface area contributed by atoms with Gasteiger partial charge in [-0.25, -0.2) is 4.57 Å². The van der Waals surface area contributed by atoms with Gasteiger partial charge < -0.3 is 20.1 Å². The minimum atomic E-state index is -4.64. The van der Waals surface area contributed by atoms with E-state index in [4.69, 9.17) is 25.1 Å². The lowest BCUT2D eigenvalue weighted by molar-refractivity contribution is 0.275. The second kappa shape index (κ2) is 7.56. The highest BCUT2D eigenvalue weighted by atomic mass is 79.9. The zero-order valence-electron chi connectivity index (χ0n) is 7.86. The van der Waals surface area contributed by atoms with E-state index in [1.54, 1.807) is 0 Å². The summed E-state index contributed by atoms with van der Waals surface area (Å²) in [5, 5.41) is 0. The number of hydrazine groups is 1. The third-order valence-electron chi connectivity index (χ3n) is 1.26. The van der Waals surface area contributed by atoms with E-state index in [1.807, 2.05) is 6.07 Å². The number of hydrogen-bond acceptors (Lipinski definition) is 3. The minimum absolute atomic E-state index is 0.817. The van der Waals surface area contributed by atoms with Crippen LogP contribution in [-0.4, -0.2) is 14.7 Å². The molecule has 0 unspecified atom stereocenters. The maximum absolute atomic E-state index is 8.88. The van der Waals surface area contributed by atoms with Gasteiger partial charge in [0.25, 0.3) is 0 Å². The smallest absolute Gasteiger partial charge is 0.323 e. The first-order valence-corrected chi connectivity index (χ1v) is 8.39. The molecule has 0 atom stereocenters. The monoisotopic (exact) mass is 518 g/mol. The Hall–Kier alpha value is 1.01. The molecule has 0 radical (unpaired) electrons. The first-order valence-electron chi connectivity index (χ1n) is 3.65. The molecule has 17 heavy (non-hydrogen) atoms. The Balaban J connectivity index is 0.000000437. The summed E-state index contributed by atoms with van der Waals surface area (Å²) in [6.45, 7) is 0. The maximum atomic E-state index is 8.88. The van der Waals surface area contributed by atoms with Crippen LogP contribution in [0.1, 0.15) is 0 Å².